The van der Waals surface area contributed by atoms with Crippen LogP contribution in [0.15, 0.2) is 48.5 Å². The second-order valence-electron chi connectivity index (χ2n) is 4.29. The predicted octanol–water partition coefficient (Wildman–Crippen LogP) is 2.32. The molecule has 1 aromatic heterocycles. The van der Waals surface area contributed by atoms with E-state index in [2.05, 4.69) is 10.3 Å². The van der Waals surface area contributed by atoms with Crippen LogP contribution in [0.2, 0.25) is 0 Å². The number of pyridine rings is 1. The molecule has 1 heterocycles. The zero-order valence-electron chi connectivity index (χ0n) is 10.7. The van der Waals surface area contributed by atoms with Crippen molar-refractivity contribution in [3.05, 3.63) is 59.8 Å². The highest BCUT2D eigenvalue weighted by Crippen LogP contribution is 2.16. The van der Waals surface area contributed by atoms with Crippen molar-refractivity contribution in [1.29, 1.82) is 0 Å². The predicted molar refractivity (Wildman–Crippen MR) is 73.6 cm³/mol. The molecule has 0 bridgehead atoms. The van der Waals surface area contributed by atoms with Crippen molar-refractivity contribution in [3.63, 3.8) is 0 Å². The number of amides is 1. The fourth-order valence-electron chi connectivity index (χ4n) is 1.76. The van der Waals surface area contributed by atoms with Crippen LogP contribution in [0.25, 0.3) is 0 Å². The Morgan fingerprint density at radius 2 is 1.95 bits per heavy atom. The Morgan fingerprint density at radius 1 is 1.21 bits per heavy atom. The summed E-state index contributed by atoms with van der Waals surface area (Å²) in [5.74, 6) is 0.0916. The van der Waals surface area contributed by atoms with Crippen molar-refractivity contribution in [1.82, 2.24) is 4.98 Å². The van der Waals surface area contributed by atoms with E-state index in [1.165, 1.54) is 0 Å². The van der Waals surface area contributed by atoms with Crippen molar-refractivity contribution in [2.45, 2.75) is 19.4 Å². The number of carbonyl (C=O) groups excluding carboxylic acids is 1. The molecule has 2 N–H and O–H groups in total. The van der Waals surface area contributed by atoms with E-state index in [1.807, 2.05) is 37.3 Å². The molecule has 1 aromatic carbocycles. The third kappa shape index (κ3) is 3.39. The molecule has 0 fully saturated rings. The average molecular weight is 256 g/mol. The van der Waals surface area contributed by atoms with Crippen LogP contribution < -0.4 is 5.32 Å². The van der Waals surface area contributed by atoms with E-state index >= 15 is 0 Å². The van der Waals surface area contributed by atoms with Gasteiger partial charge in [0.15, 0.2) is 0 Å². The van der Waals surface area contributed by atoms with Gasteiger partial charge >= 0.3 is 0 Å². The maximum absolute atomic E-state index is 12.1. The smallest absolute Gasteiger partial charge is 0.232 e. The van der Waals surface area contributed by atoms with Crippen molar-refractivity contribution in [2.75, 3.05) is 5.32 Å². The summed E-state index contributed by atoms with van der Waals surface area (Å²) in [6.45, 7) is 1.71. The maximum Gasteiger partial charge on any atom is 0.232 e. The molecule has 19 heavy (non-hydrogen) atoms. The normalized spacial score (nSPS) is 11.9. The summed E-state index contributed by atoms with van der Waals surface area (Å²) in [7, 11) is 0. The van der Waals surface area contributed by atoms with E-state index in [4.69, 9.17) is 5.11 Å². The van der Waals surface area contributed by atoms with Gasteiger partial charge < -0.3 is 10.4 Å². The summed E-state index contributed by atoms with van der Waals surface area (Å²) in [6.07, 6.45) is 0. The number of aliphatic hydroxyl groups is 1. The summed E-state index contributed by atoms with van der Waals surface area (Å²) in [6, 6.07) is 14.7. The molecular formula is C15H16N2O2. The van der Waals surface area contributed by atoms with Crippen LogP contribution in [0.1, 0.15) is 24.1 Å². The maximum atomic E-state index is 12.1. The van der Waals surface area contributed by atoms with Gasteiger partial charge in [0, 0.05) is 0 Å². The molecule has 1 amide bonds. The number of aliphatic hydroxyl groups excluding tert-OH is 1. The van der Waals surface area contributed by atoms with Crippen molar-refractivity contribution in [2.24, 2.45) is 0 Å². The first-order valence-corrected chi connectivity index (χ1v) is 6.13. The molecule has 2 rings (SSSR count). The first-order chi connectivity index (χ1) is 9.20. The number of anilines is 1. The van der Waals surface area contributed by atoms with Crippen LogP contribution in [0.5, 0.6) is 0 Å². The van der Waals surface area contributed by atoms with Crippen molar-refractivity contribution < 1.29 is 9.90 Å². The Labute approximate surface area is 112 Å². The second-order valence-corrected chi connectivity index (χ2v) is 4.29. The van der Waals surface area contributed by atoms with Gasteiger partial charge in [0.1, 0.15) is 5.82 Å². The number of benzene rings is 1. The molecule has 0 radical (unpaired) electrons. The lowest BCUT2D eigenvalue weighted by Gasteiger charge is -2.12. The highest BCUT2D eigenvalue weighted by Gasteiger charge is 2.15. The standard InChI is InChI=1S/C15H16N2O2/c1-11(12-6-3-2-4-7-12)15(19)17-14-9-5-8-13(10-18)16-14/h2-9,11,18H,10H2,1H3,(H,16,17,19). The Bertz CT molecular complexity index is 555. The van der Waals surface area contributed by atoms with E-state index < -0.39 is 0 Å². The van der Waals surface area contributed by atoms with E-state index in [0.717, 1.165) is 5.56 Å². The third-order valence-electron chi connectivity index (χ3n) is 2.91. The molecule has 4 nitrogen and oxygen atoms in total. The second kappa shape index (κ2) is 6.11. The van der Waals surface area contributed by atoms with Gasteiger partial charge in [-0.15, -0.1) is 0 Å². The Balaban J connectivity index is 2.08. The van der Waals surface area contributed by atoms with Crippen molar-refractivity contribution in [3.8, 4) is 0 Å². The number of aromatic nitrogens is 1. The van der Waals surface area contributed by atoms with Crippen molar-refractivity contribution >= 4 is 11.7 Å². The summed E-state index contributed by atoms with van der Waals surface area (Å²) < 4.78 is 0. The summed E-state index contributed by atoms with van der Waals surface area (Å²) in [4.78, 5) is 16.2. The van der Waals surface area contributed by atoms with Gasteiger partial charge in [-0.3, -0.25) is 4.79 Å². The number of nitrogens with zero attached hydrogens (tertiary/aromatic N) is 1. The van der Waals surface area contributed by atoms with Crippen LogP contribution in [0.4, 0.5) is 5.82 Å². The minimum atomic E-state index is -0.249. The van der Waals surface area contributed by atoms with Gasteiger partial charge in [-0.05, 0) is 24.6 Å². The number of hydrogen-bond donors (Lipinski definition) is 2. The third-order valence-corrected chi connectivity index (χ3v) is 2.91. The SMILES string of the molecule is CC(C(=O)Nc1cccc(CO)n1)c1ccccc1. The average Bonchev–Trinajstić information content (AvgIpc) is 2.47. The largest absolute Gasteiger partial charge is 0.390 e. The van der Waals surface area contributed by atoms with E-state index in [1.54, 1.807) is 18.2 Å². The quantitative estimate of drug-likeness (QED) is 0.882. The van der Waals surface area contributed by atoms with Gasteiger partial charge in [0.2, 0.25) is 5.91 Å². The van der Waals surface area contributed by atoms with Gasteiger partial charge in [-0.1, -0.05) is 36.4 Å². The minimum Gasteiger partial charge on any atom is -0.390 e. The molecule has 1 atom stereocenters. The Morgan fingerprint density at radius 3 is 2.63 bits per heavy atom. The van der Waals surface area contributed by atoms with Gasteiger partial charge in [0.25, 0.3) is 0 Å². The lowest BCUT2D eigenvalue weighted by Crippen LogP contribution is -2.19. The molecule has 2 aromatic rings. The number of rotatable bonds is 4. The van der Waals surface area contributed by atoms with Gasteiger partial charge in [-0.25, -0.2) is 4.98 Å². The first-order valence-electron chi connectivity index (χ1n) is 6.13. The van der Waals surface area contributed by atoms with Crippen LogP contribution in [0.3, 0.4) is 0 Å². The Hall–Kier alpha value is -2.20. The van der Waals surface area contributed by atoms with Crippen LogP contribution in [-0.4, -0.2) is 16.0 Å². The molecule has 0 saturated heterocycles. The minimum absolute atomic E-state index is 0.117. The zero-order valence-corrected chi connectivity index (χ0v) is 10.7. The molecule has 0 aliphatic heterocycles. The lowest BCUT2D eigenvalue weighted by molar-refractivity contribution is -0.117. The zero-order chi connectivity index (χ0) is 13.7. The highest BCUT2D eigenvalue weighted by atomic mass is 16.3. The van der Waals surface area contributed by atoms with E-state index in [0.29, 0.717) is 11.5 Å². The van der Waals surface area contributed by atoms with Crippen LogP contribution in [-0.2, 0) is 11.4 Å². The van der Waals surface area contributed by atoms with E-state index in [9.17, 15) is 4.79 Å². The molecule has 0 saturated carbocycles. The molecule has 0 spiro atoms. The summed E-state index contributed by atoms with van der Waals surface area (Å²) in [5.41, 5.74) is 1.49. The Kier molecular flexibility index (Phi) is 4.26. The summed E-state index contributed by atoms with van der Waals surface area (Å²) in [5, 5.41) is 11.8. The topological polar surface area (TPSA) is 62.2 Å². The molecular weight excluding hydrogens is 240 g/mol. The molecule has 1 unspecified atom stereocenters. The van der Waals surface area contributed by atoms with Crippen LogP contribution >= 0.6 is 0 Å². The molecule has 0 aliphatic rings. The van der Waals surface area contributed by atoms with E-state index in [-0.39, 0.29) is 18.4 Å². The summed E-state index contributed by atoms with van der Waals surface area (Å²) >= 11 is 0. The molecule has 0 aliphatic carbocycles. The number of carbonyl (C=O) groups is 1. The monoisotopic (exact) mass is 256 g/mol. The lowest BCUT2D eigenvalue weighted by atomic mass is 10.0. The molecule has 98 valence electrons. The number of hydrogen-bond acceptors (Lipinski definition) is 3. The number of nitrogens with one attached hydrogen (secondary N) is 1. The fraction of sp³-hybridized carbons (Fsp3) is 0.200. The van der Waals surface area contributed by atoms with Gasteiger partial charge in [-0.2, -0.15) is 0 Å². The fourth-order valence-corrected chi connectivity index (χ4v) is 1.76. The molecule has 4 heteroatoms. The van der Waals surface area contributed by atoms with Gasteiger partial charge in [0.05, 0.1) is 18.2 Å². The van der Waals surface area contributed by atoms with Crippen LogP contribution in [0, 0.1) is 0 Å². The highest BCUT2D eigenvalue weighted by molar-refractivity contribution is 5.94. The first kappa shape index (κ1) is 13.2.